The Hall–Kier alpha value is -8.12. The van der Waals surface area contributed by atoms with Crippen LogP contribution in [0.15, 0.2) is 188 Å². The Kier molecular flexibility index (Phi) is 8.63. The van der Waals surface area contributed by atoms with Gasteiger partial charge in [-0.05, 0) is 139 Å². The summed E-state index contributed by atoms with van der Waals surface area (Å²) in [6, 6.07) is 68.2. The van der Waals surface area contributed by atoms with Crippen molar-refractivity contribution in [3.63, 3.8) is 0 Å². The Morgan fingerprint density at radius 3 is 1.75 bits per heavy atom. The lowest BCUT2D eigenvalue weighted by molar-refractivity contribution is 1.18. The molecule has 278 valence electrons. The van der Waals surface area contributed by atoms with Gasteiger partial charge in [0.05, 0.1) is 29.2 Å². The largest absolute Gasteiger partial charge is 0.312 e. The minimum absolute atomic E-state index is 0.597. The van der Waals surface area contributed by atoms with Gasteiger partial charge in [0.1, 0.15) is 0 Å². The lowest BCUT2D eigenvalue weighted by Gasteiger charge is -2.26. The summed E-state index contributed by atoms with van der Waals surface area (Å²) < 4.78 is 2.39. The van der Waals surface area contributed by atoms with Gasteiger partial charge in [0, 0.05) is 50.6 Å². The zero-order valence-electron chi connectivity index (χ0n) is 32.6. The molecule has 0 radical (unpaired) electrons. The van der Waals surface area contributed by atoms with E-state index in [0.29, 0.717) is 11.3 Å². The van der Waals surface area contributed by atoms with Crippen LogP contribution >= 0.6 is 0 Å². The van der Waals surface area contributed by atoms with Crippen LogP contribution in [0.2, 0.25) is 0 Å². The highest BCUT2D eigenvalue weighted by molar-refractivity contribution is 6.15. The molecule has 0 atom stereocenters. The summed E-state index contributed by atoms with van der Waals surface area (Å²) in [5.41, 5.74) is 12.7. The van der Waals surface area contributed by atoms with Crippen LogP contribution in [-0.4, -0.2) is 4.57 Å². The van der Waals surface area contributed by atoms with Crippen molar-refractivity contribution in [2.24, 2.45) is 0 Å². The molecule has 0 aliphatic heterocycles. The zero-order chi connectivity index (χ0) is 40.0. The number of nitriles is 1. The molecule has 10 rings (SSSR count). The molecule has 1 heterocycles. The lowest BCUT2D eigenvalue weighted by Crippen LogP contribution is -2.10. The van der Waals surface area contributed by atoms with Crippen LogP contribution in [0.5, 0.6) is 0 Å². The van der Waals surface area contributed by atoms with Gasteiger partial charge >= 0.3 is 0 Å². The SMILES string of the molecule is [C-]#[N+]c1cccc(N(c2ccc(C)cc2)c2ccc3cc4c5ccc(N(c6ccc(C)cc6)c6cccc(C#N)c6)cc5n(-c5ccc6ccccc6c5)c4cc3c2)c1. The number of anilines is 6. The molecular formula is C54H37N5. The van der Waals surface area contributed by atoms with Crippen molar-refractivity contribution in [2.75, 3.05) is 9.80 Å². The van der Waals surface area contributed by atoms with Crippen LogP contribution in [0.3, 0.4) is 0 Å². The van der Waals surface area contributed by atoms with E-state index in [1.54, 1.807) is 0 Å². The minimum Gasteiger partial charge on any atom is -0.312 e. The Morgan fingerprint density at radius 1 is 0.458 bits per heavy atom. The summed E-state index contributed by atoms with van der Waals surface area (Å²) in [5, 5.41) is 16.8. The van der Waals surface area contributed by atoms with Gasteiger partial charge in [0.25, 0.3) is 0 Å². The Morgan fingerprint density at radius 2 is 1.03 bits per heavy atom. The van der Waals surface area contributed by atoms with Crippen LogP contribution in [-0.2, 0) is 0 Å². The molecule has 0 aliphatic rings. The molecule has 0 bridgehead atoms. The van der Waals surface area contributed by atoms with E-state index in [9.17, 15) is 5.26 Å². The molecule has 5 heteroatoms. The third kappa shape index (κ3) is 6.38. The molecule has 0 amide bonds. The third-order valence-electron chi connectivity index (χ3n) is 11.2. The molecule has 0 spiro atoms. The normalized spacial score (nSPS) is 11.2. The summed E-state index contributed by atoms with van der Waals surface area (Å²) in [5.74, 6) is 0. The van der Waals surface area contributed by atoms with Crippen molar-refractivity contribution >= 4 is 83.2 Å². The Balaban J connectivity index is 1.22. The fourth-order valence-electron chi connectivity index (χ4n) is 8.31. The standard InChI is InChI=1S/C54H37N5/c1-36-14-20-44(21-15-36)57(46-12-6-8-38(28-46)35-55)50-26-27-51-52-31-41-19-25-48(58(45-22-16-37(2)17-23-45)47-13-7-11-43(33-47)56-3)30-42(41)32-53(52)59(54(51)34-50)49-24-18-39-9-4-5-10-40(39)29-49/h4-34H,1-2H3. The Bertz CT molecular complexity index is 3330. The van der Waals surface area contributed by atoms with Crippen LogP contribution in [0.25, 0.3) is 53.9 Å². The van der Waals surface area contributed by atoms with Gasteiger partial charge < -0.3 is 14.4 Å². The van der Waals surface area contributed by atoms with Gasteiger partial charge in [-0.15, -0.1) is 0 Å². The minimum atomic E-state index is 0.597. The highest BCUT2D eigenvalue weighted by Gasteiger charge is 2.20. The summed E-state index contributed by atoms with van der Waals surface area (Å²) in [6.07, 6.45) is 0. The number of benzene rings is 9. The van der Waals surface area contributed by atoms with Crippen molar-refractivity contribution in [1.82, 2.24) is 4.57 Å². The van der Waals surface area contributed by atoms with Gasteiger partial charge in [-0.2, -0.15) is 5.26 Å². The number of hydrogen-bond donors (Lipinski definition) is 0. The summed E-state index contributed by atoms with van der Waals surface area (Å²) in [7, 11) is 0. The molecule has 5 nitrogen and oxygen atoms in total. The first-order chi connectivity index (χ1) is 28.9. The van der Waals surface area contributed by atoms with Crippen molar-refractivity contribution in [2.45, 2.75) is 13.8 Å². The smallest absolute Gasteiger partial charge is 0.189 e. The van der Waals surface area contributed by atoms with E-state index in [-0.39, 0.29) is 0 Å². The fourth-order valence-corrected chi connectivity index (χ4v) is 8.31. The number of fused-ring (bicyclic) bond motifs is 5. The second-order valence-electron chi connectivity index (χ2n) is 15.1. The first-order valence-electron chi connectivity index (χ1n) is 19.7. The topological polar surface area (TPSA) is 39.6 Å². The summed E-state index contributed by atoms with van der Waals surface area (Å²) in [6.45, 7) is 11.9. The fraction of sp³-hybridized carbons (Fsp3) is 0.0370. The second kappa shape index (κ2) is 14.4. The number of aromatic nitrogens is 1. The first kappa shape index (κ1) is 35.3. The second-order valence-corrected chi connectivity index (χ2v) is 15.1. The lowest BCUT2D eigenvalue weighted by atomic mass is 10.0. The number of aryl methyl sites for hydroxylation is 2. The number of nitrogens with zero attached hydrogens (tertiary/aromatic N) is 5. The van der Waals surface area contributed by atoms with Crippen molar-refractivity contribution in [1.29, 1.82) is 5.26 Å². The number of rotatable bonds is 7. The monoisotopic (exact) mass is 755 g/mol. The highest BCUT2D eigenvalue weighted by atomic mass is 15.1. The maximum atomic E-state index is 9.87. The van der Waals surface area contributed by atoms with Gasteiger partial charge in [-0.1, -0.05) is 96.1 Å². The molecule has 10 aromatic rings. The third-order valence-corrected chi connectivity index (χ3v) is 11.2. The molecule has 1 aromatic heterocycles. The van der Waals surface area contributed by atoms with E-state index in [1.807, 2.05) is 36.4 Å². The van der Waals surface area contributed by atoms with Crippen LogP contribution in [0.1, 0.15) is 16.7 Å². The zero-order valence-corrected chi connectivity index (χ0v) is 32.6. The van der Waals surface area contributed by atoms with E-state index < -0.39 is 0 Å². The summed E-state index contributed by atoms with van der Waals surface area (Å²) >= 11 is 0. The number of hydrogen-bond acceptors (Lipinski definition) is 3. The molecule has 0 aliphatic carbocycles. The van der Waals surface area contributed by atoms with Crippen molar-refractivity contribution in [3.05, 3.63) is 216 Å². The van der Waals surface area contributed by atoms with Gasteiger partial charge in [-0.3, -0.25) is 0 Å². The van der Waals surface area contributed by atoms with E-state index in [4.69, 9.17) is 6.57 Å². The van der Waals surface area contributed by atoms with E-state index in [1.165, 1.54) is 21.9 Å². The van der Waals surface area contributed by atoms with Gasteiger partial charge in [0.2, 0.25) is 0 Å². The van der Waals surface area contributed by atoms with Crippen molar-refractivity contribution < 1.29 is 0 Å². The molecule has 0 N–H and O–H groups in total. The molecule has 0 saturated carbocycles. The maximum Gasteiger partial charge on any atom is 0.189 e. The predicted molar refractivity (Wildman–Crippen MR) is 246 cm³/mol. The molecular weight excluding hydrogens is 719 g/mol. The quantitative estimate of drug-likeness (QED) is 0.152. The summed E-state index contributed by atoms with van der Waals surface area (Å²) in [4.78, 5) is 8.20. The highest BCUT2D eigenvalue weighted by Crippen LogP contribution is 2.43. The van der Waals surface area contributed by atoms with E-state index in [0.717, 1.165) is 72.4 Å². The van der Waals surface area contributed by atoms with Crippen molar-refractivity contribution in [3.8, 4) is 11.8 Å². The first-order valence-corrected chi connectivity index (χ1v) is 19.7. The Labute approximate surface area is 343 Å². The van der Waals surface area contributed by atoms with E-state index in [2.05, 4.69) is 191 Å². The molecule has 0 fully saturated rings. The van der Waals surface area contributed by atoms with Crippen LogP contribution < -0.4 is 9.80 Å². The van der Waals surface area contributed by atoms with Crippen LogP contribution in [0.4, 0.5) is 39.8 Å². The van der Waals surface area contributed by atoms with Gasteiger partial charge in [0.15, 0.2) is 5.69 Å². The maximum absolute atomic E-state index is 9.87. The van der Waals surface area contributed by atoms with Crippen LogP contribution in [0, 0.1) is 31.8 Å². The van der Waals surface area contributed by atoms with Gasteiger partial charge in [-0.25, -0.2) is 4.85 Å². The molecule has 9 aromatic carbocycles. The predicted octanol–water partition coefficient (Wildman–Crippen LogP) is 15.1. The molecule has 0 saturated heterocycles. The molecule has 59 heavy (non-hydrogen) atoms. The molecule has 0 unspecified atom stereocenters. The van der Waals surface area contributed by atoms with E-state index >= 15 is 0 Å². The average Bonchev–Trinajstić information content (AvgIpc) is 3.59. The average molecular weight is 756 g/mol.